The third-order valence-electron chi connectivity index (χ3n) is 4.84. The van der Waals surface area contributed by atoms with Gasteiger partial charge >= 0.3 is 6.03 Å². The van der Waals surface area contributed by atoms with Crippen LogP contribution in [0.25, 0.3) is 0 Å². The summed E-state index contributed by atoms with van der Waals surface area (Å²) >= 11 is 2.22. The molecule has 0 aromatic heterocycles. The van der Waals surface area contributed by atoms with Crippen molar-refractivity contribution in [1.29, 1.82) is 0 Å². The van der Waals surface area contributed by atoms with Gasteiger partial charge in [0.15, 0.2) is 0 Å². The SMILES string of the molecule is O=C(Nc1cccc(I)c1)C1CCCN1C(=O)NC1CCCCC1. The number of carbonyl (C=O) groups is 2. The summed E-state index contributed by atoms with van der Waals surface area (Å²) in [6, 6.07) is 7.52. The molecule has 1 unspecified atom stereocenters. The van der Waals surface area contributed by atoms with Gasteiger partial charge in [0.25, 0.3) is 0 Å². The molecule has 1 aromatic carbocycles. The Morgan fingerprint density at radius 3 is 2.62 bits per heavy atom. The smallest absolute Gasteiger partial charge is 0.318 e. The third kappa shape index (κ3) is 4.40. The first-order valence-corrected chi connectivity index (χ1v) is 9.85. The van der Waals surface area contributed by atoms with Crippen LogP contribution in [-0.4, -0.2) is 35.5 Å². The second-order valence-electron chi connectivity index (χ2n) is 6.64. The van der Waals surface area contributed by atoms with Gasteiger partial charge in [-0.2, -0.15) is 0 Å². The average molecular weight is 441 g/mol. The Morgan fingerprint density at radius 2 is 1.88 bits per heavy atom. The Bertz CT molecular complexity index is 602. The summed E-state index contributed by atoms with van der Waals surface area (Å²) in [6.07, 6.45) is 7.34. The standard InChI is InChI=1S/C18H24IN3O2/c19-13-6-4-9-15(12-13)20-17(23)16-10-5-11-22(16)18(24)21-14-7-2-1-3-8-14/h4,6,9,12,14,16H,1-3,5,7-8,10-11H2,(H,20,23)(H,21,24). The second-order valence-corrected chi connectivity index (χ2v) is 7.88. The third-order valence-corrected chi connectivity index (χ3v) is 5.51. The second kappa shape index (κ2) is 8.18. The lowest BCUT2D eigenvalue weighted by Gasteiger charge is -2.29. The van der Waals surface area contributed by atoms with Crippen molar-refractivity contribution >= 4 is 40.2 Å². The van der Waals surface area contributed by atoms with Crippen molar-refractivity contribution in [3.05, 3.63) is 27.8 Å². The fraction of sp³-hybridized carbons (Fsp3) is 0.556. The number of carbonyl (C=O) groups excluding carboxylic acids is 2. The summed E-state index contributed by atoms with van der Waals surface area (Å²) in [5, 5.41) is 6.07. The number of amides is 3. The predicted octanol–water partition coefficient (Wildman–Crippen LogP) is 3.74. The molecule has 1 aliphatic carbocycles. The molecule has 0 bridgehead atoms. The highest BCUT2D eigenvalue weighted by Crippen LogP contribution is 2.22. The summed E-state index contributed by atoms with van der Waals surface area (Å²) in [5.41, 5.74) is 0.784. The van der Waals surface area contributed by atoms with Crippen molar-refractivity contribution < 1.29 is 9.59 Å². The van der Waals surface area contributed by atoms with E-state index in [4.69, 9.17) is 0 Å². The summed E-state index contributed by atoms with van der Waals surface area (Å²) in [4.78, 5) is 26.9. The van der Waals surface area contributed by atoms with Crippen LogP contribution in [0.4, 0.5) is 10.5 Å². The normalized spacial score (nSPS) is 21.5. The molecule has 2 N–H and O–H groups in total. The maximum absolute atomic E-state index is 12.6. The average Bonchev–Trinajstić information content (AvgIpc) is 3.06. The van der Waals surface area contributed by atoms with Gasteiger partial charge in [-0.1, -0.05) is 25.3 Å². The molecule has 1 aromatic rings. The fourth-order valence-electron chi connectivity index (χ4n) is 3.58. The van der Waals surface area contributed by atoms with E-state index < -0.39 is 0 Å². The van der Waals surface area contributed by atoms with Crippen LogP contribution < -0.4 is 10.6 Å². The minimum Gasteiger partial charge on any atom is -0.335 e. The Kier molecular flexibility index (Phi) is 5.97. The molecule has 130 valence electrons. The van der Waals surface area contributed by atoms with E-state index in [1.54, 1.807) is 4.90 Å². The molecule has 24 heavy (non-hydrogen) atoms. The quantitative estimate of drug-likeness (QED) is 0.703. The highest BCUT2D eigenvalue weighted by molar-refractivity contribution is 14.1. The molecule has 1 aliphatic heterocycles. The van der Waals surface area contributed by atoms with E-state index in [1.165, 1.54) is 19.3 Å². The number of nitrogens with one attached hydrogen (secondary N) is 2. The summed E-state index contributed by atoms with van der Waals surface area (Å²) in [5.74, 6) is -0.0895. The maximum Gasteiger partial charge on any atom is 0.318 e. The summed E-state index contributed by atoms with van der Waals surface area (Å²) in [6.45, 7) is 0.656. The molecular formula is C18H24IN3O2. The molecule has 2 aliphatic rings. The number of nitrogens with zero attached hydrogens (tertiary/aromatic N) is 1. The molecule has 2 fully saturated rings. The van der Waals surface area contributed by atoms with Gasteiger partial charge < -0.3 is 15.5 Å². The van der Waals surface area contributed by atoms with E-state index in [-0.39, 0.29) is 24.0 Å². The molecule has 3 amide bonds. The van der Waals surface area contributed by atoms with E-state index >= 15 is 0 Å². The minimum absolute atomic E-state index is 0.0813. The number of hydrogen-bond donors (Lipinski definition) is 2. The predicted molar refractivity (Wildman–Crippen MR) is 103 cm³/mol. The molecule has 1 atom stereocenters. The van der Waals surface area contributed by atoms with Crippen LogP contribution in [0.5, 0.6) is 0 Å². The summed E-state index contributed by atoms with van der Waals surface area (Å²) in [7, 11) is 0. The van der Waals surface area contributed by atoms with Crippen LogP contribution in [-0.2, 0) is 4.79 Å². The van der Waals surface area contributed by atoms with Crippen molar-refractivity contribution in [2.75, 3.05) is 11.9 Å². The summed E-state index contributed by atoms with van der Waals surface area (Å²) < 4.78 is 1.07. The first-order chi connectivity index (χ1) is 11.6. The molecule has 1 heterocycles. The topological polar surface area (TPSA) is 61.4 Å². The lowest BCUT2D eigenvalue weighted by atomic mass is 9.96. The van der Waals surface area contributed by atoms with E-state index in [0.29, 0.717) is 6.54 Å². The van der Waals surface area contributed by atoms with Gasteiger partial charge in [-0.15, -0.1) is 0 Å². The van der Waals surface area contributed by atoms with E-state index in [0.717, 1.165) is 34.9 Å². The zero-order valence-corrected chi connectivity index (χ0v) is 15.9. The van der Waals surface area contributed by atoms with Crippen LogP contribution in [0.1, 0.15) is 44.9 Å². The van der Waals surface area contributed by atoms with Crippen LogP contribution in [0, 0.1) is 3.57 Å². The molecular weight excluding hydrogens is 417 g/mol. The van der Waals surface area contributed by atoms with E-state index in [9.17, 15) is 9.59 Å². The van der Waals surface area contributed by atoms with Crippen molar-refractivity contribution in [1.82, 2.24) is 10.2 Å². The molecule has 3 rings (SSSR count). The number of benzene rings is 1. The lowest BCUT2D eigenvalue weighted by Crippen LogP contribution is -2.50. The van der Waals surface area contributed by atoms with E-state index in [2.05, 4.69) is 33.2 Å². The van der Waals surface area contributed by atoms with Gasteiger partial charge in [0.1, 0.15) is 6.04 Å². The Morgan fingerprint density at radius 1 is 1.08 bits per heavy atom. The lowest BCUT2D eigenvalue weighted by molar-refractivity contribution is -0.119. The van der Waals surface area contributed by atoms with E-state index in [1.807, 2.05) is 24.3 Å². The minimum atomic E-state index is -0.369. The highest BCUT2D eigenvalue weighted by Gasteiger charge is 2.35. The molecule has 6 heteroatoms. The number of likely N-dealkylation sites (tertiary alicyclic amines) is 1. The molecule has 1 saturated heterocycles. The number of urea groups is 1. The van der Waals surface area contributed by atoms with Crippen molar-refractivity contribution in [3.63, 3.8) is 0 Å². The Labute approximate surface area is 156 Å². The Hall–Kier alpha value is -1.31. The number of hydrogen-bond acceptors (Lipinski definition) is 2. The monoisotopic (exact) mass is 441 g/mol. The number of anilines is 1. The van der Waals surface area contributed by atoms with Crippen molar-refractivity contribution in [2.45, 2.75) is 57.0 Å². The van der Waals surface area contributed by atoms with Crippen LogP contribution in [0.2, 0.25) is 0 Å². The van der Waals surface area contributed by atoms with Gasteiger partial charge in [-0.3, -0.25) is 4.79 Å². The largest absolute Gasteiger partial charge is 0.335 e. The van der Waals surface area contributed by atoms with Crippen LogP contribution in [0.3, 0.4) is 0 Å². The van der Waals surface area contributed by atoms with Crippen molar-refractivity contribution in [2.24, 2.45) is 0 Å². The van der Waals surface area contributed by atoms with Gasteiger partial charge in [0.05, 0.1) is 0 Å². The molecule has 0 radical (unpaired) electrons. The molecule has 1 saturated carbocycles. The van der Waals surface area contributed by atoms with Gasteiger partial charge in [-0.25, -0.2) is 4.79 Å². The molecule has 5 nitrogen and oxygen atoms in total. The highest BCUT2D eigenvalue weighted by atomic mass is 127. The maximum atomic E-state index is 12.6. The molecule has 0 spiro atoms. The number of halogens is 1. The first-order valence-electron chi connectivity index (χ1n) is 8.77. The van der Waals surface area contributed by atoms with Crippen molar-refractivity contribution in [3.8, 4) is 0 Å². The zero-order chi connectivity index (χ0) is 16.9. The Balaban J connectivity index is 1.59. The number of rotatable bonds is 3. The van der Waals surface area contributed by atoms with Crippen LogP contribution in [0.15, 0.2) is 24.3 Å². The van der Waals surface area contributed by atoms with Crippen LogP contribution >= 0.6 is 22.6 Å². The fourth-order valence-corrected chi connectivity index (χ4v) is 4.12. The first kappa shape index (κ1) is 17.5. The van der Waals surface area contributed by atoms with Gasteiger partial charge in [0, 0.05) is 21.8 Å². The zero-order valence-electron chi connectivity index (χ0n) is 13.8. The van der Waals surface area contributed by atoms with Gasteiger partial charge in [-0.05, 0) is 66.5 Å². The van der Waals surface area contributed by atoms with Gasteiger partial charge in [0.2, 0.25) is 5.91 Å².